The average Bonchev–Trinajstić information content (AvgIpc) is 3.61. The predicted octanol–water partition coefficient (Wildman–Crippen LogP) is 2.79. The van der Waals surface area contributed by atoms with Crippen molar-refractivity contribution >= 4 is 38.8 Å². The Balaban J connectivity index is 1.28. The number of amidine groups is 1. The molecule has 2 aromatic carbocycles. The van der Waals surface area contributed by atoms with Gasteiger partial charge in [0.2, 0.25) is 10.0 Å². The number of amides is 2. The molecule has 1 atom stereocenters. The summed E-state index contributed by atoms with van der Waals surface area (Å²) in [6.45, 7) is 1.48. The van der Waals surface area contributed by atoms with Crippen molar-refractivity contribution < 1.29 is 27.2 Å². The number of rotatable bonds is 5. The maximum atomic E-state index is 13.7. The van der Waals surface area contributed by atoms with Crippen LogP contribution in [0.2, 0.25) is 0 Å². The molecular weight excluding hydrogens is 508 g/mol. The maximum absolute atomic E-state index is 13.7. The van der Waals surface area contributed by atoms with E-state index in [1.165, 1.54) is 22.6 Å². The van der Waals surface area contributed by atoms with E-state index in [-0.39, 0.29) is 24.9 Å². The lowest BCUT2D eigenvalue weighted by molar-refractivity contribution is -0.136. The molecule has 0 saturated carbocycles. The van der Waals surface area contributed by atoms with E-state index in [4.69, 9.17) is 14.1 Å². The molecule has 2 fully saturated rings. The molecule has 10 nitrogen and oxygen atoms in total. The molecule has 1 unspecified atom stereocenters. The maximum Gasteiger partial charge on any atom is 0.409 e. The second-order valence-corrected chi connectivity index (χ2v) is 12.2. The molecular formula is C27H28N4O6S. The molecule has 198 valence electrons. The molecule has 2 amide bonds. The first-order chi connectivity index (χ1) is 18.2. The second kappa shape index (κ2) is 8.95. The number of benzene rings is 2. The van der Waals surface area contributed by atoms with Crippen molar-refractivity contribution in [3.8, 4) is 11.1 Å². The molecule has 11 heteroatoms. The van der Waals surface area contributed by atoms with Crippen LogP contribution in [-0.2, 0) is 19.6 Å². The molecule has 1 spiro atoms. The summed E-state index contributed by atoms with van der Waals surface area (Å²) in [5, 5.41) is 1.02. The molecule has 3 aliphatic heterocycles. The van der Waals surface area contributed by atoms with Crippen LogP contribution in [0.4, 0.5) is 4.79 Å². The molecule has 0 aliphatic carbocycles. The Bertz CT molecular complexity index is 1560. The third-order valence-electron chi connectivity index (χ3n) is 7.64. The first kappa shape index (κ1) is 24.6. The first-order valence-corrected chi connectivity index (χ1v) is 14.3. The summed E-state index contributed by atoms with van der Waals surface area (Å²) in [5.74, 6) is 0.376. The summed E-state index contributed by atoms with van der Waals surface area (Å²) in [6, 6.07) is 15.8. The van der Waals surface area contributed by atoms with Crippen molar-refractivity contribution in [2.24, 2.45) is 10.9 Å². The topological polar surface area (TPSA) is 113 Å². The fraction of sp³-hybridized carbons (Fsp3) is 0.370. The number of aliphatic imine (C=N–C) groups is 1. The zero-order valence-corrected chi connectivity index (χ0v) is 22.0. The van der Waals surface area contributed by atoms with Crippen LogP contribution >= 0.6 is 0 Å². The summed E-state index contributed by atoms with van der Waals surface area (Å²) in [6.07, 6.45) is 3.05. The van der Waals surface area contributed by atoms with Gasteiger partial charge in [0.25, 0.3) is 5.91 Å². The number of likely N-dealkylation sites (tertiary alicyclic amines) is 1. The number of furan rings is 1. The summed E-state index contributed by atoms with van der Waals surface area (Å²) in [5.41, 5.74) is 2.64. The minimum Gasteiger partial charge on any atom is -0.464 e. The average molecular weight is 537 g/mol. The number of carbonyl (C=O) groups excluding carboxylic acids is 2. The monoisotopic (exact) mass is 536 g/mol. The molecule has 3 aromatic rings. The van der Waals surface area contributed by atoms with Gasteiger partial charge < -0.3 is 14.1 Å². The Kier molecular flexibility index (Phi) is 5.80. The highest BCUT2D eigenvalue weighted by atomic mass is 32.2. The van der Waals surface area contributed by atoms with Gasteiger partial charge in [0.15, 0.2) is 5.54 Å². The van der Waals surface area contributed by atoms with Crippen LogP contribution in [0.3, 0.4) is 0 Å². The zero-order chi connectivity index (χ0) is 26.7. The number of hydrogen-bond acceptors (Lipinski definition) is 7. The van der Waals surface area contributed by atoms with Gasteiger partial charge in [-0.15, -0.1) is 0 Å². The molecule has 1 aromatic heterocycles. The molecule has 38 heavy (non-hydrogen) atoms. The van der Waals surface area contributed by atoms with Crippen LogP contribution in [-0.4, -0.2) is 92.0 Å². The Morgan fingerprint density at radius 1 is 1.11 bits per heavy atom. The zero-order valence-electron chi connectivity index (χ0n) is 21.2. The molecule has 6 rings (SSSR count). The van der Waals surface area contributed by atoms with Crippen LogP contribution in [0.15, 0.2) is 64.2 Å². The van der Waals surface area contributed by atoms with Crippen molar-refractivity contribution in [2.45, 2.75) is 12.0 Å². The summed E-state index contributed by atoms with van der Waals surface area (Å²) in [4.78, 5) is 33.7. The van der Waals surface area contributed by atoms with Gasteiger partial charge in [0.05, 0.1) is 32.7 Å². The van der Waals surface area contributed by atoms with E-state index < -0.39 is 21.7 Å². The molecule has 0 radical (unpaired) electrons. The molecule has 4 heterocycles. The van der Waals surface area contributed by atoms with Crippen molar-refractivity contribution in [3.05, 3.63) is 60.4 Å². The van der Waals surface area contributed by atoms with Crippen LogP contribution < -0.4 is 0 Å². The summed E-state index contributed by atoms with van der Waals surface area (Å²) in [7, 11) is -1.98. The third-order valence-corrected chi connectivity index (χ3v) is 8.91. The standard InChI is InChI=1S/C27H28N4O6S/c1-36-26(33)29-16-27(17-29)25(32)31(15-18-9-11-30(14-18)38(2,34)35)24(28-27)20-5-3-19(4-6-20)21-7-8-23-22(13-21)10-12-37-23/h3-8,10,12-13,18H,9,11,14-17H2,1-2H3. The normalized spacial score (nSPS) is 21.3. The van der Waals surface area contributed by atoms with Gasteiger partial charge in [-0.05, 0) is 41.7 Å². The minimum absolute atomic E-state index is 0.00762. The van der Waals surface area contributed by atoms with Crippen LogP contribution in [0.1, 0.15) is 12.0 Å². The smallest absolute Gasteiger partial charge is 0.409 e. The lowest BCUT2D eigenvalue weighted by Crippen LogP contribution is -2.66. The van der Waals surface area contributed by atoms with Gasteiger partial charge >= 0.3 is 6.09 Å². The Morgan fingerprint density at radius 3 is 2.50 bits per heavy atom. The van der Waals surface area contributed by atoms with Crippen molar-refractivity contribution in [3.63, 3.8) is 0 Å². The van der Waals surface area contributed by atoms with E-state index in [0.717, 1.165) is 27.7 Å². The van der Waals surface area contributed by atoms with Crippen LogP contribution in [0, 0.1) is 5.92 Å². The van der Waals surface area contributed by atoms with E-state index in [2.05, 4.69) is 6.07 Å². The number of methoxy groups -OCH3 is 1. The van der Waals surface area contributed by atoms with Gasteiger partial charge in [0.1, 0.15) is 11.4 Å². The minimum atomic E-state index is -3.29. The van der Waals surface area contributed by atoms with Crippen molar-refractivity contribution in [2.75, 3.05) is 46.1 Å². The number of nitrogens with zero attached hydrogens (tertiary/aromatic N) is 4. The highest BCUT2D eigenvalue weighted by Gasteiger charge is 2.58. The second-order valence-electron chi connectivity index (χ2n) is 10.2. The van der Waals surface area contributed by atoms with E-state index in [0.29, 0.717) is 31.9 Å². The van der Waals surface area contributed by atoms with E-state index in [9.17, 15) is 18.0 Å². The SMILES string of the molecule is COC(=O)N1CC2(C1)N=C(c1ccc(-c3ccc4occc4c3)cc1)N(CC1CCN(S(C)(=O)=O)C1)C2=O. The lowest BCUT2D eigenvalue weighted by atomic mass is 9.90. The van der Waals surface area contributed by atoms with Crippen molar-refractivity contribution in [1.29, 1.82) is 0 Å². The molecule has 2 saturated heterocycles. The van der Waals surface area contributed by atoms with Gasteiger partial charge in [-0.2, -0.15) is 0 Å². The van der Waals surface area contributed by atoms with E-state index >= 15 is 0 Å². The molecule has 3 aliphatic rings. The van der Waals surface area contributed by atoms with Crippen LogP contribution in [0.25, 0.3) is 22.1 Å². The number of sulfonamides is 1. The highest BCUT2D eigenvalue weighted by Crippen LogP contribution is 2.36. The molecule has 0 bridgehead atoms. The quantitative estimate of drug-likeness (QED) is 0.496. The first-order valence-electron chi connectivity index (χ1n) is 12.4. The Hall–Kier alpha value is -3.70. The predicted molar refractivity (Wildman–Crippen MR) is 141 cm³/mol. The van der Waals surface area contributed by atoms with E-state index in [1.54, 1.807) is 11.2 Å². The fourth-order valence-corrected chi connectivity index (χ4v) is 6.48. The van der Waals surface area contributed by atoms with Gasteiger partial charge in [0, 0.05) is 30.6 Å². The number of ether oxygens (including phenoxy) is 1. The number of fused-ring (bicyclic) bond motifs is 1. The van der Waals surface area contributed by atoms with Gasteiger partial charge in [-0.25, -0.2) is 22.5 Å². The van der Waals surface area contributed by atoms with Crippen molar-refractivity contribution in [1.82, 2.24) is 14.1 Å². The summed E-state index contributed by atoms with van der Waals surface area (Å²) < 4.78 is 35.8. The Morgan fingerprint density at radius 2 is 1.82 bits per heavy atom. The Labute approximate surface area is 220 Å². The van der Waals surface area contributed by atoms with E-state index in [1.807, 2.05) is 42.5 Å². The summed E-state index contributed by atoms with van der Waals surface area (Å²) >= 11 is 0. The molecule has 0 N–H and O–H groups in total. The highest BCUT2D eigenvalue weighted by molar-refractivity contribution is 7.88. The fourth-order valence-electron chi connectivity index (χ4n) is 5.56. The number of hydrogen-bond donors (Lipinski definition) is 0. The third kappa shape index (κ3) is 4.15. The van der Waals surface area contributed by atoms with Gasteiger partial charge in [-0.1, -0.05) is 30.3 Å². The largest absolute Gasteiger partial charge is 0.464 e. The lowest BCUT2D eigenvalue weighted by Gasteiger charge is -2.43. The van der Waals surface area contributed by atoms with Gasteiger partial charge in [-0.3, -0.25) is 9.69 Å². The number of carbonyl (C=O) groups is 2. The van der Waals surface area contributed by atoms with Crippen LogP contribution in [0.5, 0.6) is 0 Å².